The molecule has 1 aromatic carbocycles. The SMILES string of the molecule is C/C=C(F)\C(C)=C(/C)F.CC.CO.N/C=C(\C=C/CN)c1cc2c(cc1Cl)OC(F)(F)O2. The van der Waals surface area contributed by atoms with E-state index in [1.807, 2.05) is 13.8 Å². The summed E-state index contributed by atoms with van der Waals surface area (Å²) in [6, 6.07) is 2.60. The number of ether oxygens (including phenoxy) is 2. The molecule has 5 nitrogen and oxygen atoms in total. The zero-order chi connectivity index (χ0) is 25.5. The number of halogens is 5. The van der Waals surface area contributed by atoms with Gasteiger partial charge in [-0.15, -0.1) is 8.78 Å². The topological polar surface area (TPSA) is 90.7 Å². The van der Waals surface area contributed by atoms with Crippen LogP contribution in [0.3, 0.4) is 0 Å². The molecule has 32 heavy (non-hydrogen) atoms. The van der Waals surface area contributed by atoms with Gasteiger partial charge in [-0.25, -0.2) is 8.78 Å². The van der Waals surface area contributed by atoms with Crippen molar-refractivity contribution in [1.29, 1.82) is 0 Å². The second-order valence-corrected chi connectivity index (χ2v) is 5.91. The Bertz CT molecular complexity index is 835. The minimum Gasteiger partial charge on any atom is -0.404 e. The number of fused-ring (bicyclic) bond motifs is 1. The molecule has 1 aliphatic heterocycles. The number of rotatable bonds is 4. The molecule has 1 aromatic rings. The summed E-state index contributed by atoms with van der Waals surface area (Å²) < 4.78 is 59.0. The highest BCUT2D eigenvalue weighted by molar-refractivity contribution is 6.32. The number of aliphatic hydroxyl groups excluding tert-OH is 1. The first-order valence-electron chi connectivity index (χ1n) is 9.54. The molecule has 0 saturated carbocycles. The maximum Gasteiger partial charge on any atom is 0.586 e. The minimum absolute atomic E-state index is 0.0810. The van der Waals surface area contributed by atoms with Gasteiger partial charge in [0.15, 0.2) is 11.5 Å². The summed E-state index contributed by atoms with van der Waals surface area (Å²) in [5.74, 6) is -1.16. The summed E-state index contributed by atoms with van der Waals surface area (Å²) in [7, 11) is 1.00. The van der Waals surface area contributed by atoms with Crippen LogP contribution in [0.4, 0.5) is 17.6 Å². The summed E-state index contributed by atoms with van der Waals surface area (Å²) in [5, 5.41) is 7.22. The minimum atomic E-state index is -3.68. The molecule has 0 atom stereocenters. The van der Waals surface area contributed by atoms with Crippen LogP contribution in [-0.4, -0.2) is 25.1 Å². The third kappa shape index (κ3) is 10.2. The fourth-order valence-electron chi connectivity index (χ4n) is 2.00. The van der Waals surface area contributed by atoms with E-state index in [0.29, 0.717) is 17.7 Å². The summed E-state index contributed by atoms with van der Waals surface area (Å²) in [6.07, 6.45) is 2.16. The number of nitrogens with two attached hydrogens (primary N) is 2. The molecule has 1 heterocycles. The van der Waals surface area contributed by atoms with Gasteiger partial charge in [-0.1, -0.05) is 43.7 Å². The number of alkyl halides is 2. The second-order valence-electron chi connectivity index (χ2n) is 5.50. The molecule has 0 bridgehead atoms. The monoisotopic (exact) mass is 482 g/mol. The van der Waals surface area contributed by atoms with Crippen LogP contribution < -0.4 is 20.9 Å². The molecule has 0 unspecified atom stereocenters. The molecule has 0 amide bonds. The quantitative estimate of drug-likeness (QED) is 0.349. The van der Waals surface area contributed by atoms with Gasteiger partial charge in [-0.2, -0.15) is 0 Å². The maximum absolute atomic E-state index is 12.9. The Morgan fingerprint density at radius 3 is 2.00 bits per heavy atom. The second kappa shape index (κ2) is 16.2. The van der Waals surface area contributed by atoms with Gasteiger partial charge < -0.3 is 26.0 Å². The number of allylic oxidation sites excluding steroid dienone is 6. The van der Waals surface area contributed by atoms with Gasteiger partial charge in [0, 0.05) is 37.1 Å². The van der Waals surface area contributed by atoms with Gasteiger partial charge in [0.05, 0.1) is 5.02 Å². The fraction of sp³-hybridized carbons (Fsp3) is 0.364. The Hall–Kier alpha value is -2.49. The highest BCUT2D eigenvalue weighted by atomic mass is 35.5. The van der Waals surface area contributed by atoms with Crippen molar-refractivity contribution in [2.24, 2.45) is 11.5 Å². The normalized spacial score (nSPS) is 14.9. The summed E-state index contributed by atoms with van der Waals surface area (Å²) in [4.78, 5) is 0. The van der Waals surface area contributed by atoms with Crippen molar-refractivity contribution >= 4 is 17.2 Å². The summed E-state index contributed by atoms with van der Waals surface area (Å²) in [6.45, 7) is 8.49. The predicted octanol–water partition coefficient (Wildman–Crippen LogP) is 6.23. The molecule has 0 spiro atoms. The largest absolute Gasteiger partial charge is 0.586 e. The van der Waals surface area contributed by atoms with Crippen LogP contribution in [0.5, 0.6) is 11.5 Å². The third-order valence-corrected chi connectivity index (χ3v) is 3.86. The van der Waals surface area contributed by atoms with Crippen molar-refractivity contribution in [2.75, 3.05) is 13.7 Å². The zero-order valence-electron chi connectivity index (χ0n) is 19.0. The molecular weight excluding hydrogens is 452 g/mol. The number of hydrogen-bond donors (Lipinski definition) is 3. The van der Waals surface area contributed by atoms with Gasteiger partial charge in [0.25, 0.3) is 0 Å². The van der Waals surface area contributed by atoms with Crippen LogP contribution in [0.15, 0.2) is 53.8 Å². The van der Waals surface area contributed by atoms with Crippen molar-refractivity contribution < 1.29 is 32.1 Å². The lowest BCUT2D eigenvalue weighted by molar-refractivity contribution is -0.286. The molecule has 0 saturated heterocycles. The molecule has 0 radical (unpaired) electrons. The zero-order valence-corrected chi connectivity index (χ0v) is 19.7. The molecule has 0 aromatic heterocycles. The van der Waals surface area contributed by atoms with Crippen molar-refractivity contribution in [2.45, 2.75) is 40.9 Å². The van der Waals surface area contributed by atoms with Crippen LogP contribution >= 0.6 is 11.6 Å². The lowest BCUT2D eigenvalue weighted by Crippen LogP contribution is -2.25. The first-order chi connectivity index (χ1) is 15.1. The Morgan fingerprint density at radius 1 is 1.12 bits per heavy atom. The average Bonchev–Trinajstić information content (AvgIpc) is 3.08. The molecule has 0 fully saturated rings. The van der Waals surface area contributed by atoms with Gasteiger partial charge in [-0.3, -0.25) is 0 Å². The average molecular weight is 483 g/mol. The highest BCUT2D eigenvalue weighted by Crippen LogP contribution is 2.45. The first-order valence-corrected chi connectivity index (χ1v) is 9.92. The van der Waals surface area contributed by atoms with E-state index in [0.717, 1.165) is 7.11 Å². The fourth-order valence-corrected chi connectivity index (χ4v) is 2.27. The predicted molar refractivity (Wildman–Crippen MR) is 122 cm³/mol. The number of benzene rings is 1. The molecule has 182 valence electrons. The highest BCUT2D eigenvalue weighted by Gasteiger charge is 2.43. The van der Waals surface area contributed by atoms with Crippen molar-refractivity contribution in [3.05, 3.63) is 64.4 Å². The molecule has 5 N–H and O–H groups in total. The van der Waals surface area contributed by atoms with E-state index in [4.69, 9.17) is 28.2 Å². The standard InChI is InChI=1S/C12H11ClF2N2O2.C7H10F2.C2H6.CH4O/c13-9-5-11-10(18-12(14,15)19-11)4-8(9)7(6-17)2-1-3-16;1-4-7(9)5(2)6(3)8;2*1-2/h1-2,4-6H,3,16-17H2;4H,1-3H3;1-2H3;2H,1H3/b2-1-,7-6+;6-5+,7-4+;;. The molecule has 0 aliphatic carbocycles. The van der Waals surface area contributed by atoms with E-state index in [1.165, 1.54) is 45.2 Å². The van der Waals surface area contributed by atoms with Crippen LogP contribution in [-0.2, 0) is 0 Å². The van der Waals surface area contributed by atoms with Crippen molar-refractivity contribution in [3.8, 4) is 11.5 Å². The van der Waals surface area contributed by atoms with E-state index >= 15 is 0 Å². The van der Waals surface area contributed by atoms with E-state index in [1.54, 1.807) is 12.2 Å². The van der Waals surface area contributed by atoms with Gasteiger partial charge in [-0.05, 0) is 32.4 Å². The summed E-state index contributed by atoms with van der Waals surface area (Å²) >= 11 is 6.01. The Balaban J connectivity index is 0. The Morgan fingerprint density at radius 2 is 1.62 bits per heavy atom. The Labute approximate surface area is 191 Å². The van der Waals surface area contributed by atoms with E-state index in [2.05, 4.69) is 9.47 Å². The third-order valence-electron chi connectivity index (χ3n) is 3.54. The van der Waals surface area contributed by atoms with Gasteiger partial charge in [0.1, 0.15) is 11.7 Å². The van der Waals surface area contributed by atoms with Crippen molar-refractivity contribution in [3.63, 3.8) is 0 Å². The van der Waals surface area contributed by atoms with Crippen molar-refractivity contribution in [1.82, 2.24) is 0 Å². The lowest BCUT2D eigenvalue weighted by atomic mass is 10.1. The molecule has 10 heteroatoms. The van der Waals surface area contributed by atoms with Crippen LogP contribution in [0.25, 0.3) is 5.57 Å². The van der Waals surface area contributed by atoms with Gasteiger partial charge in [0.2, 0.25) is 0 Å². The van der Waals surface area contributed by atoms with E-state index in [9.17, 15) is 17.6 Å². The van der Waals surface area contributed by atoms with E-state index in [-0.39, 0.29) is 22.1 Å². The van der Waals surface area contributed by atoms with Crippen LogP contribution in [0.1, 0.15) is 40.2 Å². The molecule has 1 aliphatic rings. The smallest absolute Gasteiger partial charge is 0.404 e. The molecule has 2 rings (SSSR count). The van der Waals surface area contributed by atoms with Crippen LogP contribution in [0, 0.1) is 0 Å². The summed E-state index contributed by atoms with van der Waals surface area (Å²) in [5.41, 5.74) is 11.9. The maximum atomic E-state index is 12.9. The number of hydrogen-bond acceptors (Lipinski definition) is 5. The lowest BCUT2D eigenvalue weighted by Gasteiger charge is -2.06. The number of aliphatic hydroxyl groups is 1. The van der Waals surface area contributed by atoms with Crippen LogP contribution in [0.2, 0.25) is 5.02 Å². The molecular formula is C22H31ClF4N2O3. The van der Waals surface area contributed by atoms with E-state index < -0.39 is 17.9 Å². The first kappa shape index (κ1) is 31.7. The Kier molecular flexibility index (Phi) is 16.0. The van der Waals surface area contributed by atoms with Gasteiger partial charge >= 0.3 is 6.29 Å².